The van der Waals surface area contributed by atoms with Crippen LogP contribution in [0, 0.1) is 11.3 Å². The van der Waals surface area contributed by atoms with E-state index >= 15 is 0 Å². The van der Waals surface area contributed by atoms with Crippen molar-refractivity contribution in [2.45, 2.75) is 19.5 Å². The van der Waals surface area contributed by atoms with Crippen molar-refractivity contribution in [2.24, 2.45) is 0 Å². The quantitative estimate of drug-likeness (QED) is 0.763. The second-order valence-corrected chi connectivity index (χ2v) is 4.74. The minimum Gasteiger partial charge on any atom is -0.304 e. The van der Waals surface area contributed by atoms with Gasteiger partial charge < -0.3 is 4.90 Å². The lowest BCUT2D eigenvalue weighted by Crippen LogP contribution is -2.49. The fourth-order valence-electron chi connectivity index (χ4n) is 2.28. The molecule has 1 fully saturated rings. The molecule has 1 aliphatic rings. The average molecular weight is 230 g/mol. The molecule has 2 heterocycles. The largest absolute Gasteiger partial charge is 0.304 e. The van der Waals surface area contributed by atoms with E-state index in [1.165, 1.54) is 5.56 Å². The Hall–Kier alpha value is -1.44. The summed E-state index contributed by atoms with van der Waals surface area (Å²) in [6, 6.07) is 6.52. The molecule has 0 spiro atoms. The number of nitriles is 1. The van der Waals surface area contributed by atoms with E-state index in [1.807, 2.05) is 12.1 Å². The molecule has 0 radical (unpaired) electrons. The van der Waals surface area contributed by atoms with Crippen LogP contribution in [0.2, 0.25) is 0 Å². The highest BCUT2D eigenvalue weighted by Crippen LogP contribution is 2.13. The van der Waals surface area contributed by atoms with Gasteiger partial charge in [0.25, 0.3) is 0 Å². The number of piperazine rings is 1. The summed E-state index contributed by atoms with van der Waals surface area (Å²) in [4.78, 5) is 8.80. The van der Waals surface area contributed by atoms with Gasteiger partial charge in [0.15, 0.2) is 0 Å². The van der Waals surface area contributed by atoms with Crippen LogP contribution in [0.15, 0.2) is 18.3 Å². The Labute approximate surface area is 102 Å². The third-order valence-corrected chi connectivity index (χ3v) is 3.29. The third kappa shape index (κ3) is 3.02. The third-order valence-electron chi connectivity index (χ3n) is 3.29. The van der Waals surface area contributed by atoms with Crippen molar-refractivity contribution in [3.8, 4) is 6.07 Å². The van der Waals surface area contributed by atoms with Crippen molar-refractivity contribution in [2.75, 3.05) is 26.7 Å². The van der Waals surface area contributed by atoms with Crippen molar-refractivity contribution >= 4 is 0 Å². The normalized spacial score (nSPS) is 22.3. The Morgan fingerprint density at radius 1 is 1.53 bits per heavy atom. The number of likely N-dealkylation sites (N-methyl/N-ethyl adjacent to an activating group) is 1. The SMILES string of the molecule is CC1CN(C)CCN1Cc1ccnc(C#N)c1. The number of hydrogen-bond donors (Lipinski definition) is 0. The molecule has 1 aromatic rings. The number of hydrogen-bond acceptors (Lipinski definition) is 4. The number of rotatable bonds is 2. The van der Waals surface area contributed by atoms with Gasteiger partial charge in [0.2, 0.25) is 0 Å². The van der Waals surface area contributed by atoms with E-state index in [-0.39, 0.29) is 0 Å². The summed E-state index contributed by atoms with van der Waals surface area (Å²) in [7, 11) is 2.16. The van der Waals surface area contributed by atoms with E-state index in [0.29, 0.717) is 11.7 Å². The fourth-order valence-corrected chi connectivity index (χ4v) is 2.28. The van der Waals surface area contributed by atoms with Crippen LogP contribution in [0.25, 0.3) is 0 Å². The molecule has 4 heteroatoms. The van der Waals surface area contributed by atoms with Crippen molar-refractivity contribution in [1.82, 2.24) is 14.8 Å². The molecule has 1 aliphatic heterocycles. The highest BCUT2D eigenvalue weighted by atomic mass is 15.3. The second-order valence-electron chi connectivity index (χ2n) is 4.74. The van der Waals surface area contributed by atoms with E-state index < -0.39 is 0 Å². The summed E-state index contributed by atoms with van der Waals surface area (Å²) in [6.45, 7) is 6.47. The maximum absolute atomic E-state index is 8.82. The Morgan fingerprint density at radius 2 is 2.35 bits per heavy atom. The summed E-state index contributed by atoms with van der Waals surface area (Å²) < 4.78 is 0. The van der Waals surface area contributed by atoms with Gasteiger partial charge in [-0.3, -0.25) is 4.90 Å². The molecular weight excluding hydrogens is 212 g/mol. The van der Waals surface area contributed by atoms with Gasteiger partial charge in [0, 0.05) is 38.4 Å². The van der Waals surface area contributed by atoms with Gasteiger partial charge in [0.1, 0.15) is 11.8 Å². The van der Waals surface area contributed by atoms with Crippen LogP contribution in [0.3, 0.4) is 0 Å². The number of nitrogens with zero attached hydrogens (tertiary/aromatic N) is 4. The molecule has 17 heavy (non-hydrogen) atoms. The molecule has 1 saturated heterocycles. The molecule has 1 unspecified atom stereocenters. The van der Waals surface area contributed by atoms with E-state index in [2.05, 4.69) is 34.8 Å². The summed E-state index contributed by atoms with van der Waals surface area (Å²) in [5.41, 5.74) is 1.68. The first-order valence-corrected chi connectivity index (χ1v) is 5.96. The minimum absolute atomic E-state index is 0.504. The Balaban J connectivity index is 2.03. The molecule has 0 bridgehead atoms. The lowest BCUT2D eigenvalue weighted by molar-refractivity contribution is 0.0938. The zero-order chi connectivity index (χ0) is 12.3. The Morgan fingerprint density at radius 3 is 3.06 bits per heavy atom. The maximum Gasteiger partial charge on any atom is 0.140 e. The van der Waals surface area contributed by atoms with Crippen molar-refractivity contribution < 1.29 is 0 Å². The lowest BCUT2D eigenvalue weighted by atomic mass is 10.1. The van der Waals surface area contributed by atoms with Crippen molar-refractivity contribution in [3.05, 3.63) is 29.6 Å². The van der Waals surface area contributed by atoms with Crippen LogP contribution in [0.5, 0.6) is 0 Å². The molecule has 4 nitrogen and oxygen atoms in total. The standard InChI is InChI=1S/C13H18N4/c1-11-9-16(2)5-6-17(11)10-12-3-4-15-13(7-12)8-14/h3-4,7,11H,5-6,9-10H2,1-2H3. The molecule has 1 aromatic heterocycles. The highest BCUT2D eigenvalue weighted by Gasteiger charge is 2.21. The molecule has 0 saturated carbocycles. The molecule has 90 valence electrons. The van der Waals surface area contributed by atoms with Crippen LogP contribution in [0.1, 0.15) is 18.2 Å². The topological polar surface area (TPSA) is 43.2 Å². The maximum atomic E-state index is 8.82. The van der Waals surface area contributed by atoms with Crippen molar-refractivity contribution in [1.29, 1.82) is 5.26 Å². The van der Waals surface area contributed by atoms with E-state index in [9.17, 15) is 0 Å². The number of aromatic nitrogens is 1. The van der Waals surface area contributed by atoms with Gasteiger partial charge >= 0.3 is 0 Å². The van der Waals surface area contributed by atoms with Gasteiger partial charge in [-0.1, -0.05) is 0 Å². The van der Waals surface area contributed by atoms with E-state index in [1.54, 1.807) is 6.20 Å². The van der Waals surface area contributed by atoms with Crippen LogP contribution in [-0.4, -0.2) is 47.5 Å². The minimum atomic E-state index is 0.504. The first-order chi connectivity index (χ1) is 8.19. The monoisotopic (exact) mass is 230 g/mol. The van der Waals surface area contributed by atoms with Gasteiger partial charge in [0.05, 0.1) is 0 Å². The predicted molar refractivity (Wildman–Crippen MR) is 66.3 cm³/mol. The summed E-state index contributed by atoms with van der Waals surface area (Å²) in [5, 5.41) is 8.82. The smallest absolute Gasteiger partial charge is 0.140 e. The predicted octanol–water partition coefficient (Wildman–Crippen LogP) is 1.09. The number of pyridine rings is 1. The lowest BCUT2D eigenvalue weighted by Gasteiger charge is -2.38. The van der Waals surface area contributed by atoms with Crippen LogP contribution < -0.4 is 0 Å². The first-order valence-electron chi connectivity index (χ1n) is 5.96. The van der Waals surface area contributed by atoms with Gasteiger partial charge in [-0.05, 0) is 31.7 Å². The second kappa shape index (κ2) is 5.26. The van der Waals surface area contributed by atoms with Gasteiger partial charge in [-0.2, -0.15) is 5.26 Å². The zero-order valence-electron chi connectivity index (χ0n) is 10.4. The van der Waals surface area contributed by atoms with Crippen molar-refractivity contribution in [3.63, 3.8) is 0 Å². The van der Waals surface area contributed by atoms with Crippen LogP contribution >= 0.6 is 0 Å². The van der Waals surface area contributed by atoms with E-state index in [0.717, 1.165) is 26.2 Å². The molecule has 0 N–H and O–H groups in total. The molecule has 0 aromatic carbocycles. The molecule has 0 aliphatic carbocycles. The summed E-state index contributed by atoms with van der Waals surface area (Å²) >= 11 is 0. The Kier molecular flexibility index (Phi) is 3.72. The molecule has 0 amide bonds. The van der Waals surface area contributed by atoms with E-state index in [4.69, 9.17) is 5.26 Å². The van der Waals surface area contributed by atoms with Gasteiger partial charge in [-0.25, -0.2) is 4.98 Å². The molecule has 2 rings (SSSR count). The summed E-state index contributed by atoms with van der Waals surface area (Å²) in [5.74, 6) is 0. The Bertz CT molecular complexity index is 424. The molecule has 1 atom stereocenters. The first kappa shape index (κ1) is 12.0. The average Bonchev–Trinajstić information content (AvgIpc) is 2.33. The molecular formula is C13H18N4. The van der Waals surface area contributed by atoms with Crippen LogP contribution in [-0.2, 0) is 6.54 Å². The summed E-state index contributed by atoms with van der Waals surface area (Å²) in [6.07, 6.45) is 1.72. The van der Waals surface area contributed by atoms with Gasteiger partial charge in [-0.15, -0.1) is 0 Å². The highest BCUT2D eigenvalue weighted by molar-refractivity contribution is 5.25. The van der Waals surface area contributed by atoms with Crippen LogP contribution in [0.4, 0.5) is 0 Å². The zero-order valence-corrected chi connectivity index (χ0v) is 10.4. The fraction of sp³-hybridized carbons (Fsp3) is 0.538.